The molecule has 5 heteroatoms. The monoisotopic (exact) mass is 367 g/mol. The molecule has 0 radical (unpaired) electrons. The van der Waals surface area contributed by atoms with Crippen molar-refractivity contribution in [3.8, 4) is 0 Å². The van der Waals surface area contributed by atoms with E-state index in [1.54, 1.807) is 0 Å². The van der Waals surface area contributed by atoms with Gasteiger partial charge in [-0.15, -0.1) is 0 Å². The summed E-state index contributed by atoms with van der Waals surface area (Å²) in [6.45, 7) is 6.83. The summed E-state index contributed by atoms with van der Waals surface area (Å²) in [5.41, 5.74) is 2.07. The van der Waals surface area contributed by atoms with Crippen LogP contribution in [0.15, 0.2) is 4.47 Å². The topological polar surface area (TPSA) is 46.9 Å². The number of carbonyl (C=O) groups excluding carboxylic acids is 1. The van der Waals surface area contributed by atoms with Crippen LogP contribution in [0.3, 0.4) is 0 Å². The number of nitrogens with one attached hydrogen (secondary N) is 1. The van der Waals surface area contributed by atoms with E-state index in [0.29, 0.717) is 24.9 Å². The number of aromatic nitrogens is 2. The third kappa shape index (κ3) is 3.10. The van der Waals surface area contributed by atoms with Crippen LogP contribution in [-0.4, -0.2) is 21.7 Å². The molecule has 3 rings (SSSR count). The molecule has 4 nitrogen and oxygen atoms in total. The molecule has 0 aromatic carbocycles. The lowest BCUT2D eigenvalue weighted by molar-refractivity contribution is -0.122. The molecule has 0 aliphatic heterocycles. The fourth-order valence-electron chi connectivity index (χ4n) is 4.44. The van der Waals surface area contributed by atoms with Gasteiger partial charge in [0.05, 0.1) is 16.7 Å². The van der Waals surface area contributed by atoms with E-state index >= 15 is 0 Å². The molecule has 2 aliphatic carbocycles. The Kier molecular flexibility index (Phi) is 4.62. The lowest BCUT2D eigenvalue weighted by atomic mass is 9.84. The molecule has 122 valence electrons. The third-order valence-corrected chi connectivity index (χ3v) is 6.82. The minimum absolute atomic E-state index is 0.152. The van der Waals surface area contributed by atoms with Crippen molar-refractivity contribution < 1.29 is 4.79 Å². The molecule has 4 atom stereocenters. The second-order valence-electron chi connectivity index (χ2n) is 7.15. The van der Waals surface area contributed by atoms with E-state index in [0.717, 1.165) is 27.7 Å². The Labute approximate surface area is 141 Å². The molecule has 0 saturated heterocycles. The first-order chi connectivity index (χ1) is 10.5. The first kappa shape index (κ1) is 16.0. The van der Waals surface area contributed by atoms with Crippen LogP contribution in [0.25, 0.3) is 0 Å². The number of hydrogen-bond acceptors (Lipinski definition) is 2. The van der Waals surface area contributed by atoms with Crippen LogP contribution < -0.4 is 5.32 Å². The first-order valence-corrected chi connectivity index (χ1v) is 9.24. The maximum absolute atomic E-state index is 12.2. The van der Waals surface area contributed by atoms with Gasteiger partial charge in [0.15, 0.2) is 0 Å². The third-order valence-electron chi connectivity index (χ3n) is 5.67. The molecule has 1 amide bonds. The van der Waals surface area contributed by atoms with Gasteiger partial charge in [-0.1, -0.05) is 6.42 Å². The highest BCUT2D eigenvalue weighted by Crippen LogP contribution is 2.49. The summed E-state index contributed by atoms with van der Waals surface area (Å²) in [5.74, 6) is 2.64. The summed E-state index contributed by atoms with van der Waals surface area (Å²) >= 11 is 3.53. The number of nitrogens with zero attached hydrogens (tertiary/aromatic N) is 2. The molecule has 1 heterocycles. The second-order valence-corrected chi connectivity index (χ2v) is 7.95. The largest absolute Gasteiger partial charge is 0.353 e. The number of rotatable bonds is 5. The van der Waals surface area contributed by atoms with Crippen molar-refractivity contribution in [2.45, 2.75) is 65.5 Å². The summed E-state index contributed by atoms with van der Waals surface area (Å²) in [6, 6.07) is 0.315. The number of hydrogen-bond donors (Lipinski definition) is 1. The van der Waals surface area contributed by atoms with Crippen molar-refractivity contribution in [2.24, 2.45) is 17.8 Å². The van der Waals surface area contributed by atoms with Crippen molar-refractivity contribution in [2.75, 3.05) is 0 Å². The Morgan fingerprint density at radius 2 is 2.18 bits per heavy atom. The predicted molar refractivity (Wildman–Crippen MR) is 90.6 cm³/mol. The molecular formula is C17H26BrN3O. The molecule has 0 spiro atoms. The number of halogens is 1. The van der Waals surface area contributed by atoms with E-state index in [9.17, 15) is 4.79 Å². The number of carbonyl (C=O) groups is 1. The van der Waals surface area contributed by atoms with Gasteiger partial charge in [0, 0.05) is 18.2 Å². The van der Waals surface area contributed by atoms with Gasteiger partial charge in [-0.25, -0.2) is 0 Å². The quantitative estimate of drug-likeness (QED) is 0.863. The lowest BCUT2D eigenvalue weighted by Gasteiger charge is -2.28. The average Bonchev–Trinajstić information content (AvgIpc) is 3.17. The molecular weight excluding hydrogens is 342 g/mol. The standard InChI is InChI=1S/C17H26BrN3O/c1-10(15-9-13-4-5-14(15)8-13)19-16(22)6-7-21-12(3)17(18)11(2)20-21/h10,13-15H,4-9H2,1-3H3,(H,19,22)/t10-,13+,14+,15-/m1/s1. The van der Waals surface area contributed by atoms with Crippen LogP contribution in [0.4, 0.5) is 0 Å². The maximum Gasteiger partial charge on any atom is 0.222 e. The van der Waals surface area contributed by atoms with E-state index in [1.165, 1.54) is 25.7 Å². The van der Waals surface area contributed by atoms with Crippen molar-refractivity contribution in [3.63, 3.8) is 0 Å². The fraction of sp³-hybridized carbons (Fsp3) is 0.765. The highest BCUT2D eigenvalue weighted by molar-refractivity contribution is 9.10. The van der Waals surface area contributed by atoms with Crippen LogP contribution >= 0.6 is 15.9 Å². The molecule has 2 fully saturated rings. The molecule has 2 saturated carbocycles. The molecule has 2 bridgehead atoms. The molecule has 0 unspecified atom stereocenters. The summed E-state index contributed by atoms with van der Waals surface area (Å²) < 4.78 is 2.96. The molecule has 1 aromatic rings. The number of aryl methyl sites for hydroxylation is 2. The van der Waals surface area contributed by atoms with E-state index in [1.807, 2.05) is 18.5 Å². The highest BCUT2D eigenvalue weighted by atomic mass is 79.9. The fourth-order valence-corrected chi connectivity index (χ4v) is 4.72. The summed E-state index contributed by atoms with van der Waals surface area (Å²) in [6.07, 6.45) is 5.99. The first-order valence-electron chi connectivity index (χ1n) is 8.44. The Hall–Kier alpha value is -0.840. The van der Waals surface area contributed by atoms with Crippen molar-refractivity contribution in [1.82, 2.24) is 15.1 Å². The number of fused-ring (bicyclic) bond motifs is 2. The normalized spacial score (nSPS) is 28.1. The van der Waals surface area contributed by atoms with Gasteiger partial charge in [-0.3, -0.25) is 9.48 Å². The van der Waals surface area contributed by atoms with Gasteiger partial charge in [-0.05, 0) is 73.7 Å². The van der Waals surface area contributed by atoms with E-state index in [-0.39, 0.29) is 5.91 Å². The zero-order valence-electron chi connectivity index (χ0n) is 13.7. The van der Waals surface area contributed by atoms with E-state index < -0.39 is 0 Å². The molecule has 2 aliphatic rings. The van der Waals surface area contributed by atoms with E-state index in [2.05, 4.69) is 33.3 Å². The Balaban J connectivity index is 1.49. The van der Waals surface area contributed by atoms with Gasteiger partial charge in [0.1, 0.15) is 0 Å². The van der Waals surface area contributed by atoms with Gasteiger partial charge in [0.25, 0.3) is 0 Å². The second kappa shape index (κ2) is 6.34. The van der Waals surface area contributed by atoms with Crippen LogP contribution in [-0.2, 0) is 11.3 Å². The summed E-state index contributed by atoms with van der Waals surface area (Å²) in [5, 5.41) is 7.69. The zero-order chi connectivity index (χ0) is 15.9. The van der Waals surface area contributed by atoms with Gasteiger partial charge < -0.3 is 5.32 Å². The average molecular weight is 368 g/mol. The Morgan fingerprint density at radius 1 is 1.41 bits per heavy atom. The zero-order valence-corrected chi connectivity index (χ0v) is 15.3. The maximum atomic E-state index is 12.2. The van der Waals surface area contributed by atoms with Gasteiger partial charge in [-0.2, -0.15) is 5.10 Å². The van der Waals surface area contributed by atoms with E-state index in [4.69, 9.17) is 0 Å². The van der Waals surface area contributed by atoms with Crippen molar-refractivity contribution >= 4 is 21.8 Å². The molecule has 22 heavy (non-hydrogen) atoms. The predicted octanol–water partition coefficient (Wildman–Crippen LogP) is 3.59. The summed E-state index contributed by atoms with van der Waals surface area (Å²) in [4.78, 5) is 12.2. The SMILES string of the molecule is Cc1nn(CCC(=O)N[C@H](C)[C@H]2C[C@H]3CC[C@H]2C3)c(C)c1Br. The van der Waals surface area contributed by atoms with Crippen LogP contribution in [0.5, 0.6) is 0 Å². The smallest absolute Gasteiger partial charge is 0.222 e. The van der Waals surface area contributed by atoms with Gasteiger partial charge >= 0.3 is 0 Å². The minimum atomic E-state index is 0.152. The minimum Gasteiger partial charge on any atom is -0.353 e. The van der Waals surface area contributed by atoms with Crippen LogP contribution in [0.1, 0.15) is 50.4 Å². The molecule has 1 N–H and O–H groups in total. The van der Waals surface area contributed by atoms with Crippen LogP contribution in [0.2, 0.25) is 0 Å². The Morgan fingerprint density at radius 3 is 2.73 bits per heavy atom. The number of amides is 1. The van der Waals surface area contributed by atoms with Crippen molar-refractivity contribution in [1.29, 1.82) is 0 Å². The highest BCUT2D eigenvalue weighted by Gasteiger charge is 2.42. The Bertz CT molecular complexity index is 568. The summed E-state index contributed by atoms with van der Waals surface area (Å²) in [7, 11) is 0. The lowest BCUT2D eigenvalue weighted by Crippen LogP contribution is -2.40. The van der Waals surface area contributed by atoms with Crippen molar-refractivity contribution in [3.05, 3.63) is 15.9 Å². The van der Waals surface area contributed by atoms with Gasteiger partial charge in [0.2, 0.25) is 5.91 Å². The van der Waals surface area contributed by atoms with Crippen LogP contribution in [0, 0.1) is 31.6 Å². The molecule has 1 aromatic heterocycles.